The number of fused-ring (bicyclic) bond motifs is 4. The van der Waals surface area contributed by atoms with Gasteiger partial charge >= 0.3 is 0 Å². The lowest BCUT2D eigenvalue weighted by atomic mass is 9.83. The van der Waals surface area contributed by atoms with Crippen molar-refractivity contribution in [3.63, 3.8) is 0 Å². The molecule has 1 aromatic heterocycles. The van der Waals surface area contributed by atoms with Gasteiger partial charge < -0.3 is 24.4 Å². The van der Waals surface area contributed by atoms with Crippen molar-refractivity contribution in [1.29, 1.82) is 0 Å². The molecule has 2 aliphatic rings. The minimum absolute atomic E-state index is 0.0416. The maximum atomic E-state index is 13.6. The first-order chi connectivity index (χ1) is 20.8. The molecule has 3 heterocycles. The summed E-state index contributed by atoms with van der Waals surface area (Å²) in [7, 11) is 3.34. The molecule has 0 spiro atoms. The van der Waals surface area contributed by atoms with Crippen LogP contribution in [0.4, 0.5) is 11.4 Å². The van der Waals surface area contributed by atoms with Crippen LogP contribution in [0, 0.1) is 5.92 Å². The molecular formula is C34H33BrN4O4. The molecule has 3 aromatic carbocycles. The average molecular weight is 642 g/mol. The molecule has 0 aliphatic carbocycles. The molecule has 6 rings (SSSR count). The molecular weight excluding hydrogens is 608 g/mol. The van der Waals surface area contributed by atoms with Crippen LogP contribution < -0.4 is 20.5 Å². The summed E-state index contributed by atoms with van der Waals surface area (Å²) >= 11 is 3.50. The van der Waals surface area contributed by atoms with Crippen LogP contribution in [0.2, 0.25) is 0 Å². The second-order valence-corrected chi connectivity index (χ2v) is 12.1. The number of carbonyl (C=O) groups excluding carboxylic acids is 2. The molecule has 43 heavy (non-hydrogen) atoms. The van der Waals surface area contributed by atoms with Gasteiger partial charge in [0, 0.05) is 60.9 Å². The number of carbonyl (C=O) groups is 2. The third-order valence-corrected chi connectivity index (χ3v) is 9.03. The summed E-state index contributed by atoms with van der Waals surface area (Å²) in [5, 5.41) is 3.10. The molecule has 0 saturated carbocycles. The van der Waals surface area contributed by atoms with E-state index < -0.39 is 0 Å². The number of nitrogens with zero attached hydrogens (tertiary/aromatic N) is 3. The Balaban J connectivity index is 1.34. The van der Waals surface area contributed by atoms with Crippen LogP contribution in [0.25, 0.3) is 0 Å². The molecule has 0 unspecified atom stereocenters. The number of nitrogens with one attached hydrogen (secondary N) is 1. The first kappa shape index (κ1) is 28.7. The van der Waals surface area contributed by atoms with Crippen LogP contribution >= 0.6 is 15.9 Å². The van der Waals surface area contributed by atoms with Crippen molar-refractivity contribution in [2.45, 2.75) is 25.4 Å². The quantitative estimate of drug-likeness (QED) is 0.277. The van der Waals surface area contributed by atoms with E-state index in [9.17, 15) is 14.4 Å². The number of anilines is 2. The van der Waals surface area contributed by atoms with Crippen molar-refractivity contribution in [2.75, 3.05) is 37.5 Å². The number of hydrogen-bond donors (Lipinski definition) is 1. The van der Waals surface area contributed by atoms with E-state index in [2.05, 4.69) is 26.1 Å². The van der Waals surface area contributed by atoms with Crippen molar-refractivity contribution in [1.82, 2.24) is 9.47 Å². The number of methoxy groups -OCH3 is 1. The normalized spacial score (nSPS) is 17.1. The average Bonchev–Trinajstić information content (AvgIpc) is 3.01. The van der Waals surface area contributed by atoms with Gasteiger partial charge in [-0.25, -0.2) is 0 Å². The predicted molar refractivity (Wildman–Crippen MR) is 171 cm³/mol. The number of rotatable bonds is 7. The lowest BCUT2D eigenvalue weighted by Crippen LogP contribution is -2.47. The largest absolute Gasteiger partial charge is 0.497 e. The molecule has 2 aliphatic heterocycles. The van der Waals surface area contributed by atoms with Gasteiger partial charge in [0.1, 0.15) is 5.75 Å². The first-order valence-corrected chi connectivity index (χ1v) is 15.1. The molecule has 1 saturated heterocycles. The van der Waals surface area contributed by atoms with Crippen molar-refractivity contribution >= 4 is 39.1 Å². The van der Waals surface area contributed by atoms with Crippen LogP contribution in [0.15, 0.2) is 94.2 Å². The van der Waals surface area contributed by atoms with Crippen molar-refractivity contribution in [2.24, 2.45) is 5.92 Å². The first-order valence-electron chi connectivity index (χ1n) is 14.3. The Hall–Kier alpha value is -4.37. The van der Waals surface area contributed by atoms with Gasteiger partial charge in [0.15, 0.2) is 0 Å². The molecule has 2 bridgehead atoms. The smallest absolute Gasteiger partial charge is 0.257 e. The van der Waals surface area contributed by atoms with E-state index in [1.807, 2.05) is 59.2 Å². The maximum absolute atomic E-state index is 13.6. The van der Waals surface area contributed by atoms with E-state index in [0.29, 0.717) is 52.6 Å². The zero-order valence-electron chi connectivity index (χ0n) is 24.1. The number of amides is 2. The van der Waals surface area contributed by atoms with E-state index in [4.69, 9.17) is 4.74 Å². The second-order valence-electron chi connectivity index (χ2n) is 11.3. The van der Waals surface area contributed by atoms with Crippen LogP contribution in [-0.2, 0) is 13.1 Å². The summed E-state index contributed by atoms with van der Waals surface area (Å²) in [6, 6.07) is 26.1. The van der Waals surface area contributed by atoms with Gasteiger partial charge in [-0.05, 0) is 76.3 Å². The Morgan fingerprint density at radius 3 is 2.58 bits per heavy atom. The number of hydrogen-bond acceptors (Lipinski definition) is 5. The van der Waals surface area contributed by atoms with Gasteiger partial charge in [-0.3, -0.25) is 14.4 Å². The van der Waals surface area contributed by atoms with Crippen LogP contribution in [0.1, 0.15) is 44.3 Å². The zero-order chi connectivity index (χ0) is 30.1. The van der Waals surface area contributed by atoms with Gasteiger partial charge in [0.2, 0.25) is 0 Å². The Morgan fingerprint density at radius 1 is 0.977 bits per heavy atom. The molecule has 9 heteroatoms. The fraction of sp³-hybridized carbons (Fsp3) is 0.265. The molecule has 8 nitrogen and oxygen atoms in total. The van der Waals surface area contributed by atoms with Gasteiger partial charge in [-0.2, -0.15) is 0 Å². The molecule has 4 aromatic rings. The molecule has 0 radical (unpaired) electrons. The number of aromatic nitrogens is 1. The number of halogens is 1. The van der Waals surface area contributed by atoms with Gasteiger partial charge in [0.05, 0.1) is 24.0 Å². The number of pyridine rings is 1. The fourth-order valence-electron chi connectivity index (χ4n) is 6.28. The lowest BCUT2D eigenvalue weighted by Gasteiger charge is -2.44. The lowest BCUT2D eigenvalue weighted by molar-refractivity contribution is 0.0784. The van der Waals surface area contributed by atoms with E-state index in [1.54, 1.807) is 49.4 Å². The van der Waals surface area contributed by atoms with Crippen molar-refractivity contribution in [3.05, 3.63) is 122 Å². The molecule has 2 atom stereocenters. The maximum Gasteiger partial charge on any atom is 0.257 e. The van der Waals surface area contributed by atoms with Gasteiger partial charge in [-0.1, -0.05) is 36.4 Å². The second kappa shape index (κ2) is 12.1. The number of ether oxygens (including phenoxy) is 1. The Kier molecular flexibility index (Phi) is 8.08. The highest BCUT2D eigenvalue weighted by atomic mass is 79.9. The third kappa shape index (κ3) is 5.95. The standard InChI is InChI=1S/C34H33BrN4O4/c1-37(18-22-7-4-3-5-8-22)34(42)24-11-14-31(29(16-24)36-33(41)27-17-26(43-2)12-13-28(27)35)38-19-23-15-25(21-38)30-9-6-10-32(40)39(30)20-23/h3-14,16-17,23,25H,15,18-21H2,1-2H3,(H,36,41)/t23-,25+/m1/s1. The van der Waals surface area contributed by atoms with Crippen LogP contribution in [0.3, 0.4) is 0 Å². The van der Waals surface area contributed by atoms with E-state index >= 15 is 0 Å². The van der Waals surface area contributed by atoms with Crippen LogP contribution in [0.5, 0.6) is 5.75 Å². The van der Waals surface area contributed by atoms with Crippen molar-refractivity contribution < 1.29 is 14.3 Å². The Bertz CT molecular complexity index is 1740. The zero-order valence-corrected chi connectivity index (χ0v) is 25.7. The third-order valence-electron chi connectivity index (χ3n) is 8.34. The summed E-state index contributed by atoms with van der Waals surface area (Å²) in [6.07, 6.45) is 1.01. The molecule has 1 N–H and O–H groups in total. The fourth-order valence-corrected chi connectivity index (χ4v) is 6.71. The highest BCUT2D eigenvalue weighted by Gasteiger charge is 2.35. The SMILES string of the molecule is COc1ccc(Br)c(C(=O)Nc2cc(C(=O)N(C)Cc3ccccc3)ccc2N2C[C@H]3C[C@@H](C2)c2cccc(=O)n2C3)c1. The molecule has 2 amide bonds. The van der Waals surface area contributed by atoms with Gasteiger partial charge in [-0.15, -0.1) is 0 Å². The summed E-state index contributed by atoms with van der Waals surface area (Å²) in [6.45, 7) is 2.58. The van der Waals surface area contributed by atoms with Crippen molar-refractivity contribution in [3.8, 4) is 5.75 Å². The number of benzene rings is 3. The topological polar surface area (TPSA) is 83.9 Å². The minimum Gasteiger partial charge on any atom is -0.497 e. The predicted octanol–water partition coefficient (Wildman–Crippen LogP) is 5.77. The molecule has 220 valence electrons. The van der Waals surface area contributed by atoms with Gasteiger partial charge in [0.25, 0.3) is 17.4 Å². The number of piperidine rings is 1. The summed E-state index contributed by atoms with van der Waals surface area (Å²) in [4.78, 5) is 43.7. The minimum atomic E-state index is -0.316. The van der Waals surface area contributed by atoms with E-state index in [0.717, 1.165) is 29.9 Å². The monoisotopic (exact) mass is 640 g/mol. The highest BCUT2D eigenvalue weighted by molar-refractivity contribution is 9.10. The summed E-state index contributed by atoms with van der Waals surface area (Å²) in [5.74, 6) is 0.593. The highest BCUT2D eigenvalue weighted by Crippen LogP contribution is 2.39. The van der Waals surface area contributed by atoms with E-state index in [-0.39, 0.29) is 23.3 Å². The van der Waals surface area contributed by atoms with E-state index in [1.165, 1.54) is 0 Å². The van der Waals surface area contributed by atoms with Crippen LogP contribution in [-0.4, -0.2) is 48.5 Å². The summed E-state index contributed by atoms with van der Waals surface area (Å²) in [5.41, 5.74) is 4.43. The summed E-state index contributed by atoms with van der Waals surface area (Å²) < 4.78 is 7.89. The Morgan fingerprint density at radius 2 is 1.79 bits per heavy atom. The molecule has 1 fully saturated rings. The Labute approximate surface area is 259 Å².